The van der Waals surface area contributed by atoms with Gasteiger partial charge in [0, 0.05) is 30.4 Å². The van der Waals surface area contributed by atoms with E-state index < -0.39 is 10.0 Å². The van der Waals surface area contributed by atoms with Crippen molar-refractivity contribution in [3.8, 4) is 11.5 Å². The molecule has 7 nitrogen and oxygen atoms in total. The van der Waals surface area contributed by atoms with Crippen LogP contribution in [-0.2, 0) is 16.4 Å². The second-order valence-electron chi connectivity index (χ2n) is 8.92. The van der Waals surface area contributed by atoms with Gasteiger partial charge in [-0.3, -0.25) is 9.52 Å². The van der Waals surface area contributed by atoms with E-state index in [0.29, 0.717) is 55.0 Å². The Hall–Kier alpha value is -3.52. The number of hydrogen-bond donors (Lipinski definition) is 1. The average Bonchev–Trinajstić information content (AvgIpc) is 2.89. The lowest BCUT2D eigenvalue weighted by atomic mass is 9.90. The van der Waals surface area contributed by atoms with E-state index in [2.05, 4.69) is 29.0 Å². The Bertz CT molecular complexity index is 1300. The molecule has 0 aliphatic carbocycles. The first-order valence-corrected chi connectivity index (χ1v) is 13.3. The number of piperidine rings is 1. The number of benzene rings is 3. The molecule has 1 N–H and O–H groups in total. The third-order valence-electron chi connectivity index (χ3n) is 6.45. The minimum absolute atomic E-state index is 0.0685. The summed E-state index contributed by atoms with van der Waals surface area (Å²) in [5.41, 5.74) is 2.13. The highest BCUT2D eigenvalue weighted by molar-refractivity contribution is 7.92. The number of rotatable bonds is 6. The zero-order valence-electron chi connectivity index (χ0n) is 19.4. The third-order valence-corrected chi connectivity index (χ3v) is 7.83. The third kappa shape index (κ3) is 5.43. The molecule has 1 amide bonds. The van der Waals surface area contributed by atoms with E-state index in [9.17, 15) is 13.2 Å². The fourth-order valence-corrected chi connectivity index (χ4v) is 5.66. The van der Waals surface area contributed by atoms with Crippen LogP contribution in [0.25, 0.3) is 0 Å². The van der Waals surface area contributed by atoms with Crippen LogP contribution >= 0.6 is 0 Å². The molecule has 182 valence electrons. The van der Waals surface area contributed by atoms with Crippen molar-refractivity contribution in [2.45, 2.75) is 24.2 Å². The molecule has 3 aromatic carbocycles. The summed E-state index contributed by atoms with van der Waals surface area (Å²) in [4.78, 5) is 15.1. The monoisotopic (exact) mass is 492 g/mol. The van der Waals surface area contributed by atoms with Gasteiger partial charge in [0.05, 0.1) is 4.90 Å². The minimum Gasteiger partial charge on any atom is -0.486 e. The molecule has 2 aliphatic heterocycles. The molecule has 1 fully saturated rings. The highest BCUT2D eigenvalue weighted by Gasteiger charge is 2.25. The van der Waals surface area contributed by atoms with Gasteiger partial charge in [0.2, 0.25) is 0 Å². The number of sulfonamides is 1. The van der Waals surface area contributed by atoms with Crippen LogP contribution in [0.3, 0.4) is 0 Å². The van der Waals surface area contributed by atoms with Crippen molar-refractivity contribution in [1.29, 1.82) is 0 Å². The van der Waals surface area contributed by atoms with Crippen LogP contribution in [-0.4, -0.2) is 45.5 Å². The minimum atomic E-state index is -3.86. The van der Waals surface area contributed by atoms with Crippen LogP contribution in [0.4, 0.5) is 5.69 Å². The van der Waals surface area contributed by atoms with Crippen LogP contribution < -0.4 is 14.2 Å². The van der Waals surface area contributed by atoms with Crippen molar-refractivity contribution in [1.82, 2.24) is 4.90 Å². The lowest BCUT2D eigenvalue weighted by Crippen LogP contribution is -2.38. The smallest absolute Gasteiger partial charge is 0.262 e. The van der Waals surface area contributed by atoms with E-state index >= 15 is 0 Å². The molecule has 3 aromatic rings. The number of nitrogens with zero attached hydrogens (tertiary/aromatic N) is 1. The molecule has 2 heterocycles. The fraction of sp³-hybridized carbons (Fsp3) is 0.296. The molecule has 0 aromatic heterocycles. The second-order valence-corrected chi connectivity index (χ2v) is 10.6. The summed E-state index contributed by atoms with van der Waals surface area (Å²) in [5, 5.41) is 0. The number of nitrogens with one attached hydrogen (secondary N) is 1. The molecule has 0 unspecified atom stereocenters. The molecule has 0 radical (unpaired) electrons. The van der Waals surface area contributed by atoms with E-state index in [1.807, 2.05) is 11.0 Å². The Morgan fingerprint density at radius 2 is 1.63 bits per heavy atom. The molecule has 2 aliphatic rings. The first-order chi connectivity index (χ1) is 17.0. The topological polar surface area (TPSA) is 84.9 Å². The largest absolute Gasteiger partial charge is 0.486 e. The zero-order valence-corrected chi connectivity index (χ0v) is 20.2. The van der Waals surface area contributed by atoms with Gasteiger partial charge in [0.15, 0.2) is 11.5 Å². The van der Waals surface area contributed by atoms with Gasteiger partial charge >= 0.3 is 0 Å². The zero-order chi connectivity index (χ0) is 24.3. The maximum atomic E-state index is 13.1. The number of fused-ring (bicyclic) bond motifs is 1. The molecule has 8 heteroatoms. The van der Waals surface area contributed by atoms with Crippen molar-refractivity contribution in [3.05, 3.63) is 83.9 Å². The number of amides is 1. The van der Waals surface area contributed by atoms with Gasteiger partial charge in [0.1, 0.15) is 13.2 Å². The van der Waals surface area contributed by atoms with Crippen molar-refractivity contribution in [2.24, 2.45) is 5.92 Å². The lowest BCUT2D eigenvalue weighted by molar-refractivity contribution is 0.0690. The Morgan fingerprint density at radius 1 is 0.886 bits per heavy atom. The van der Waals surface area contributed by atoms with Crippen molar-refractivity contribution >= 4 is 21.6 Å². The summed E-state index contributed by atoms with van der Waals surface area (Å²) in [7, 11) is -3.86. The van der Waals surface area contributed by atoms with Gasteiger partial charge in [-0.15, -0.1) is 0 Å². The Morgan fingerprint density at radius 3 is 2.40 bits per heavy atom. The molecule has 1 saturated heterocycles. The normalized spacial score (nSPS) is 16.1. The number of carbonyl (C=O) groups excluding carboxylic acids is 1. The summed E-state index contributed by atoms with van der Waals surface area (Å²) in [6, 6.07) is 21.6. The van der Waals surface area contributed by atoms with Crippen molar-refractivity contribution in [2.75, 3.05) is 31.0 Å². The van der Waals surface area contributed by atoms with Gasteiger partial charge in [-0.2, -0.15) is 0 Å². The molecule has 0 spiro atoms. The highest BCUT2D eigenvalue weighted by atomic mass is 32.2. The van der Waals surface area contributed by atoms with Crippen LogP contribution in [0, 0.1) is 5.92 Å². The SMILES string of the molecule is O=C(c1cccc(NS(=O)(=O)c2ccc3c(c2)OCCO3)c1)N1CCC(Cc2ccccc2)CC1. The van der Waals surface area contributed by atoms with E-state index in [1.165, 1.54) is 17.7 Å². The lowest BCUT2D eigenvalue weighted by Gasteiger charge is -2.32. The molecular weight excluding hydrogens is 464 g/mol. The number of likely N-dealkylation sites (tertiary alicyclic amines) is 1. The standard InChI is InChI=1S/C27H28N2O5S/c30-27(29-13-11-21(12-14-29)17-20-5-2-1-3-6-20)22-7-4-8-23(18-22)28-35(31,32)24-9-10-25-26(19-24)34-16-15-33-25/h1-10,18-19,21,28H,11-17H2. The van der Waals surface area contributed by atoms with Crippen molar-refractivity contribution < 1.29 is 22.7 Å². The van der Waals surface area contributed by atoms with Crippen LogP contribution in [0.5, 0.6) is 11.5 Å². The summed E-state index contributed by atoms with van der Waals surface area (Å²) in [6.07, 6.45) is 2.94. The Labute approximate surface area is 205 Å². The predicted octanol–water partition coefficient (Wildman–Crippen LogP) is 4.35. The van der Waals surface area contributed by atoms with Gasteiger partial charge in [-0.05, 0) is 61.1 Å². The molecule has 5 rings (SSSR count). The highest BCUT2D eigenvalue weighted by Crippen LogP contribution is 2.33. The quantitative estimate of drug-likeness (QED) is 0.553. The fourth-order valence-electron chi connectivity index (χ4n) is 4.59. The van der Waals surface area contributed by atoms with E-state index in [1.54, 1.807) is 30.3 Å². The second kappa shape index (κ2) is 10.00. The summed E-state index contributed by atoms with van der Waals surface area (Å²) < 4.78 is 39.4. The summed E-state index contributed by atoms with van der Waals surface area (Å²) in [5.74, 6) is 1.41. The molecule has 0 bridgehead atoms. The maximum Gasteiger partial charge on any atom is 0.262 e. The first kappa shape index (κ1) is 23.2. The molecule has 0 saturated carbocycles. The van der Waals surface area contributed by atoms with Gasteiger partial charge < -0.3 is 14.4 Å². The van der Waals surface area contributed by atoms with E-state index in [0.717, 1.165) is 19.3 Å². The van der Waals surface area contributed by atoms with Gasteiger partial charge in [-0.25, -0.2) is 8.42 Å². The summed E-state index contributed by atoms with van der Waals surface area (Å²) in [6.45, 7) is 2.20. The van der Waals surface area contributed by atoms with Crippen LogP contribution in [0.1, 0.15) is 28.8 Å². The Kier molecular flexibility index (Phi) is 6.63. The number of anilines is 1. The first-order valence-electron chi connectivity index (χ1n) is 11.8. The number of carbonyl (C=O) groups is 1. The van der Waals surface area contributed by atoms with Crippen LogP contribution in [0.2, 0.25) is 0 Å². The van der Waals surface area contributed by atoms with Gasteiger partial charge in [0.25, 0.3) is 15.9 Å². The molecule has 35 heavy (non-hydrogen) atoms. The maximum absolute atomic E-state index is 13.1. The Balaban J connectivity index is 1.23. The summed E-state index contributed by atoms with van der Waals surface area (Å²) >= 11 is 0. The number of ether oxygens (including phenoxy) is 2. The molecular formula is C27H28N2O5S. The van der Waals surface area contributed by atoms with Crippen LogP contribution in [0.15, 0.2) is 77.7 Å². The van der Waals surface area contributed by atoms with Gasteiger partial charge in [-0.1, -0.05) is 36.4 Å². The van der Waals surface area contributed by atoms with E-state index in [-0.39, 0.29) is 10.8 Å². The average molecular weight is 493 g/mol. The number of hydrogen-bond acceptors (Lipinski definition) is 5. The van der Waals surface area contributed by atoms with Crippen molar-refractivity contribution in [3.63, 3.8) is 0 Å². The predicted molar refractivity (Wildman–Crippen MR) is 133 cm³/mol. The molecule has 0 atom stereocenters. The van der Waals surface area contributed by atoms with E-state index in [4.69, 9.17) is 9.47 Å².